The van der Waals surface area contributed by atoms with Crippen LogP contribution in [0.2, 0.25) is 15.1 Å². The Morgan fingerprint density at radius 2 is 1.45 bits per heavy atom. The number of rotatable bonds is 1. The summed E-state index contributed by atoms with van der Waals surface area (Å²) in [6.45, 7) is 1.70. The first-order valence-corrected chi connectivity index (χ1v) is 6.66. The van der Waals surface area contributed by atoms with E-state index >= 15 is 0 Å². The molecule has 0 nitrogen and oxygen atoms in total. The van der Waals surface area contributed by atoms with Gasteiger partial charge in [0.05, 0.1) is 15.6 Å². The van der Waals surface area contributed by atoms with Crippen molar-refractivity contribution in [2.45, 2.75) is 13.1 Å². The molecule has 0 aliphatic heterocycles. The van der Waals surface area contributed by atoms with E-state index in [-0.39, 0.29) is 26.2 Å². The van der Waals surface area contributed by atoms with Crippen molar-refractivity contribution in [3.05, 3.63) is 56.5 Å². The molecule has 20 heavy (non-hydrogen) atoms. The maximum Gasteiger partial charge on any atom is 0.417 e. The molecule has 6 heteroatoms. The van der Waals surface area contributed by atoms with Crippen molar-refractivity contribution in [3.8, 4) is 11.1 Å². The number of benzene rings is 2. The maximum atomic E-state index is 13.1. The molecule has 2 aromatic rings. The lowest BCUT2D eigenvalue weighted by Gasteiger charge is -2.16. The molecule has 0 saturated carbocycles. The molecule has 2 rings (SSSR count). The van der Waals surface area contributed by atoms with Crippen molar-refractivity contribution in [1.29, 1.82) is 0 Å². The molecular formula is C14H8Cl3F3. The zero-order valence-electron chi connectivity index (χ0n) is 10.2. The van der Waals surface area contributed by atoms with Gasteiger partial charge in [0.15, 0.2) is 0 Å². The summed E-state index contributed by atoms with van der Waals surface area (Å²) in [7, 11) is 0. The highest BCUT2D eigenvalue weighted by atomic mass is 35.5. The Kier molecular flexibility index (Phi) is 4.24. The van der Waals surface area contributed by atoms with Crippen molar-refractivity contribution in [2.24, 2.45) is 0 Å². The molecule has 0 radical (unpaired) electrons. The summed E-state index contributed by atoms with van der Waals surface area (Å²) in [6.07, 6.45) is -4.49. The minimum atomic E-state index is -4.49. The predicted octanol–water partition coefficient (Wildman–Crippen LogP) is 6.64. The smallest absolute Gasteiger partial charge is 0.166 e. The number of hydrogen-bond donors (Lipinski definition) is 0. The second kappa shape index (κ2) is 5.47. The summed E-state index contributed by atoms with van der Waals surface area (Å²) in [5.74, 6) is 0. The number of alkyl halides is 3. The van der Waals surface area contributed by atoms with Crippen LogP contribution in [0.1, 0.15) is 11.1 Å². The lowest BCUT2D eigenvalue weighted by atomic mass is 9.97. The monoisotopic (exact) mass is 338 g/mol. The van der Waals surface area contributed by atoms with Gasteiger partial charge < -0.3 is 0 Å². The van der Waals surface area contributed by atoms with Crippen molar-refractivity contribution < 1.29 is 13.2 Å². The van der Waals surface area contributed by atoms with Crippen LogP contribution in [0.3, 0.4) is 0 Å². The molecule has 2 aromatic carbocycles. The Morgan fingerprint density at radius 3 is 1.95 bits per heavy atom. The van der Waals surface area contributed by atoms with E-state index in [0.29, 0.717) is 5.56 Å². The average molecular weight is 340 g/mol. The SMILES string of the molecule is Cc1ccc(C(F)(F)F)c(-c2c(Cl)cc(Cl)cc2Cl)c1. The molecule has 0 N–H and O–H groups in total. The molecule has 0 amide bonds. The second-order valence-electron chi connectivity index (χ2n) is 4.29. The van der Waals surface area contributed by atoms with E-state index in [1.165, 1.54) is 24.3 Å². The largest absolute Gasteiger partial charge is 0.417 e. The Hall–Kier alpha value is -0.900. The summed E-state index contributed by atoms with van der Waals surface area (Å²) in [4.78, 5) is 0. The van der Waals surface area contributed by atoms with Crippen molar-refractivity contribution in [1.82, 2.24) is 0 Å². The van der Waals surface area contributed by atoms with Gasteiger partial charge in [0, 0.05) is 10.6 Å². The van der Waals surface area contributed by atoms with Crippen LogP contribution in [0.15, 0.2) is 30.3 Å². The van der Waals surface area contributed by atoms with Crippen LogP contribution in [0.5, 0.6) is 0 Å². The third-order valence-corrected chi connectivity index (χ3v) is 3.57. The molecule has 0 fully saturated rings. The van der Waals surface area contributed by atoms with Gasteiger partial charge in [0.2, 0.25) is 0 Å². The van der Waals surface area contributed by atoms with Crippen LogP contribution in [0.4, 0.5) is 13.2 Å². The second-order valence-corrected chi connectivity index (χ2v) is 5.54. The van der Waals surface area contributed by atoms with Gasteiger partial charge >= 0.3 is 6.18 Å². The van der Waals surface area contributed by atoms with Gasteiger partial charge in [-0.15, -0.1) is 0 Å². The summed E-state index contributed by atoms with van der Waals surface area (Å²) >= 11 is 17.8. The quantitative estimate of drug-likeness (QED) is 0.546. The van der Waals surface area contributed by atoms with Crippen LogP contribution >= 0.6 is 34.8 Å². The summed E-state index contributed by atoms with van der Waals surface area (Å²) in [5, 5.41) is 0.433. The fourth-order valence-electron chi connectivity index (χ4n) is 1.91. The first-order valence-electron chi connectivity index (χ1n) is 5.53. The molecule has 0 atom stereocenters. The van der Waals surface area contributed by atoms with Crippen molar-refractivity contribution >= 4 is 34.8 Å². The lowest BCUT2D eigenvalue weighted by molar-refractivity contribution is -0.137. The molecule has 0 aliphatic carbocycles. The molecule has 0 unspecified atom stereocenters. The van der Waals surface area contributed by atoms with Crippen molar-refractivity contribution in [3.63, 3.8) is 0 Å². The van der Waals surface area contributed by atoms with Gasteiger partial charge in [-0.05, 0) is 30.7 Å². The van der Waals surface area contributed by atoms with Gasteiger partial charge in [-0.3, -0.25) is 0 Å². The van der Waals surface area contributed by atoms with Gasteiger partial charge in [0.25, 0.3) is 0 Å². The molecular weight excluding hydrogens is 332 g/mol. The number of halogens is 6. The fraction of sp³-hybridized carbons (Fsp3) is 0.143. The van der Waals surface area contributed by atoms with E-state index in [1.807, 2.05) is 0 Å². The van der Waals surface area contributed by atoms with Crippen LogP contribution in [-0.4, -0.2) is 0 Å². The van der Waals surface area contributed by atoms with Crippen LogP contribution in [0.25, 0.3) is 11.1 Å². The van der Waals surface area contributed by atoms with E-state index in [4.69, 9.17) is 34.8 Å². The Labute approximate surface area is 129 Å². The first-order chi connectivity index (χ1) is 9.20. The highest BCUT2D eigenvalue weighted by Gasteiger charge is 2.34. The Balaban J connectivity index is 2.79. The normalized spacial score (nSPS) is 11.8. The number of aryl methyl sites for hydroxylation is 1. The summed E-state index contributed by atoms with van der Waals surface area (Å²) in [5.41, 5.74) is -0.0257. The van der Waals surface area contributed by atoms with Gasteiger partial charge in [-0.1, -0.05) is 52.5 Å². The maximum absolute atomic E-state index is 13.1. The van der Waals surface area contributed by atoms with Gasteiger partial charge in [0.1, 0.15) is 0 Å². The molecule has 106 valence electrons. The molecule has 0 saturated heterocycles. The minimum Gasteiger partial charge on any atom is -0.166 e. The number of hydrogen-bond acceptors (Lipinski definition) is 0. The van der Waals surface area contributed by atoms with Gasteiger partial charge in [-0.2, -0.15) is 13.2 Å². The summed E-state index contributed by atoms with van der Waals surface area (Å²) in [6, 6.07) is 6.55. The highest BCUT2D eigenvalue weighted by Crippen LogP contribution is 2.43. The zero-order chi connectivity index (χ0) is 15.1. The Bertz CT molecular complexity index is 640. The molecule has 0 aromatic heterocycles. The first kappa shape index (κ1) is 15.5. The molecule has 0 heterocycles. The molecule has 0 spiro atoms. The fourth-order valence-corrected chi connectivity index (χ4v) is 2.93. The predicted molar refractivity (Wildman–Crippen MR) is 76.6 cm³/mol. The summed E-state index contributed by atoms with van der Waals surface area (Å²) < 4.78 is 39.3. The van der Waals surface area contributed by atoms with Crippen LogP contribution in [0, 0.1) is 6.92 Å². The van der Waals surface area contributed by atoms with E-state index < -0.39 is 11.7 Å². The van der Waals surface area contributed by atoms with Crippen molar-refractivity contribution in [2.75, 3.05) is 0 Å². The zero-order valence-corrected chi connectivity index (χ0v) is 12.4. The third kappa shape index (κ3) is 3.05. The van der Waals surface area contributed by atoms with Crippen LogP contribution < -0.4 is 0 Å². The minimum absolute atomic E-state index is 0.0517. The van der Waals surface area contributed by atoms with E-state index in [2.05, 4.69) is 0 Å². The van der Waals surface area contributed by atoms with Gasteiger partial charge in [-0.25, -0.2) is 0 Å². The average Bonchev–Trinajstić information content (AvgIpc) is 2.25. The van der Waals surface area contributed by atoms with E-state index in [9.17, 15) is 13.2 Å². The van der Waals surface area contributed by atoms with Crippen LogP contribution in [-0.2, 0) is 6.18 Å². The van der Waals surface area contributed by atoms with E-state index in [1.54, 1.807) is 6.92 Å². The molecule has 0 aliphatic rings. The molecule has 0 bridgehead atoms. The standard InChI is InChI=1S/C14H8Cl3F3/c1-7-2-3-10(14(18,19)20)9(4-7)13-11(16)5-8(15)6-12(13)17/h2-6H,1H3. The van der Waals surface area contributed by atoms with E-state index in [0.717, 1.165) is 6.07 Å². The topological polar surface area (TPSA) is 0 Å². The lowest BCUT2D eigenvalue weighted by Crippen LogP contribution is -2.07. The highest BCUT2D eigenvalue weighted by molar-refractivity contribution is 6.41. The Morgan fingerprint density at radius 1 is 0.900 bits per heavy atom. The third-order valence-electron chi connectivity index (χ3n) is 2.76.